The zero-order valence-electron chi connectivity index (χ0n) is 15.2. The zero-order chi connectivity index (χ0) is 17.3. The quantitative estimate of drug-likeness (QED) is 0.749. The van der Waals surface area contributed by atoms with Crippen molar-refractivity contribution in [1.29, 1.82) is 0 Å². The molecule has 0 bridgehead atoms. The Bertz CT molecular complexity index is 631. The molecule has 0 aromatic carbocycles. The Hall–Kier alpha value is -1.20. The summed E-state index contributed by atoms with van der Waals surface area (Å²) in [6.07, 6.45) is 13.3. The third kappa shape index (κ3) is 3.82. The number of thiazole rings is 1. The second-order valence-electron chi connectivity index (χ2n) is 8.09. The highest BCUT2D eigenvalue weighted by molar-refractivity contribution is 7.09. The van der Waals surface area contributed by atoms with E-state index >= 15 is 0 Å². The van der Waals surface area contributed by atoms with Crippen molar-refractivity contribution in [2.24, 2.45) is 5.41 Å². The summed E-state index contributed by atoms with van der Waals surface area (Å²) in [4.78, 5) is 21.6. The van der Waals surface area contributed by atoms with Gasteiger partial charge in [0.2, 0.25) is 5.91 Å². The third-order valence-electron chi connectivity index (χ3n) is 6.42. The molecule has 4 rings (SSSR count). The summed E-state index contributed by atoms with van der Waals surface area (Å²) in [5, 5.41) is 3.26. The van der Waals surface area contributed by atoms with Crippen molar-refractivity contribution in [2.45, 2.75) is 64.0 Å². The van der Waals surface area contributed by atoms with Gasteiger partial charge in [-0.3, -0.25) is 9.69 Å². The standard InChI is InChI=1S/C20H29N3OS/c1-22(15-18-21-9-12-25-18)17-14-20(17)7-10-23(11-8-20)19(24)13-16-5-3-2-4-6-16/h5,9,12,17H,2-4,6-8,10-11,13-15H2,1H3/t17-/m0/s1. The van der Waals surface area contributed by atoms with Gasteiger partial charge in [0.25, 0.3) is 0 Å². The lowest BCUT2D eigenvalue weighted by atomic mass is 9.91. The number of rotatable bonds is 5. The van der Waals surface area contributed by atoms with Crippen molar-refractivity contribution in [3.8, 4) is 0 Å². The van der Waals surface area contributed by atoms with E-state index < -0.39 is 0 Å². The SMILES string of the molecule is CN(Cc1nccs1)[C@H]1CC12CCN(C(=O)CC1=CCCCC1)CC2. The Morgan fingerprint density at radius 3 is 2.92 bits per heavy atom. The first-order valence-corrected chi connectivity index (χ1v) is 10.6. The van der Waals surface area contributed by atoms with Crippen LogP contribution in [-0.2, 0) is 11.3 Å². The van der Waals surface area contributed by atoms with Gasteiger partial charge in [-0.05, 0) is 57.4 Å². The largest absolute Gasteiger partial charge is 0.342 e. The molecule has 1 aliphatic heterocycles. The van der Waals surface area contributed by atoms with Gasteiger partial charge >= 0.3 is 0 Å². The van der Waals surface area contributed by atoms with Crippen molar-refractivity contribution in [1.82, 2.24) is 14.8 Å². The minimum absolute atomic E-state index is 0.358. The first kappa shape index (κ1) is 17.2. The lowest BCUT2D eigenvalue weighted by Gasteiger charge is -2.34. The van der Waals surface area contributed by atoms with Crippen molar-refractivity contribution in [2.75, 3.05) is 20.1 Å². The average Bonchev–Trinajstić information content (AvgIpc) is 3.08. The summed E-state index contributed by atoms with van der Waals surface area (Å²) in [7, 11) is 2.23. The van der Waals surface area contributed by atoms with Crippen LogP contribution < -0.4 is 0 Å². The fraction of sp³-hybridized carbons (Fsp3) is 0.700. The maximum absolute atomic E-state index is 12.6. The molecule has 1 saturated heterocycles. The Balaban J connectivity index is 1.26. The number of allylic oxidation sites excluding steroid dienone is 1. The van der Waals surface area contributed by atoms with E-state index in [0.29, 0.717) is 23.8 Å². The van der Waals surface area contributed by atoms with E-state index in [1.165, 1.54) is 49.1 Å². The molecule has 1 aromatic heterocycles. The molecular formula is C20H29N3OS. The summed E-state index contributed by atoms with van der Waals surface area (Å²) < 4.78 is 0. The van der Waals surface area contributed by atoms with Crippen LogP contribution in [0.1, 0.15) is 56.4 Å². The van der Waals surface area contributed by atoms with E-state index in [1.54, 1.807) is 11.3 Å². The predicted molar refractivity (Wildman–Crippen MR) is 101 cm³/mol. The zero-order valence-corrected chi connectivity index (χ0v) is 16.1. The van der Waals surface area contributed by atoms with E-state index in [0.717, 1.165) is 26.1 Å². The van der Waals surface area contributed by atoms with Crippen LogP contribution in [0.2, 0.25) is 0 Å². The summed E-state index contributed by atoms with van der Waals surface area (Å²) in [5.74, 6) is 0.358. The van der Waals surface area contributed by atoms with Crippen LogP contribution in [0.5, 0.6) is 0 Å². The number of nitrogens with zero attached hydrogens (tertiary/aromatic N) is 3. The second-order valence-corrected chi connectivity index (χ2v) is 9.07. The van der Waals surface area contributed by atoms with E-state index in [4.69, 9.17) is 0 Å². The fourth-order valence-electron chi connectivity index (χ4n) is 4.71. The maximum Gasteiger partial charge on any atom is 0.226 e. The molecule has 2 aliphatic carbocycles. The predicted octanol–water partition coefficient (Wildman–Crippen LogP) is 3.85. The van der Waals surface area contributed by atoms with Crippen molar-refractivity contribution in [3.63, 3.8) is 0 Å². The fourth-order valence-corrected chi connectivity index (χ4v) is 5.39. The maximum atomic E-state index is 12.6. The van der Waals surface area contributed by atoms with E-state index in [-0.39, 0.29) is 0 Å². The Kier molecular flexibility index (Phi) is 4.96. The van der Waals surface area contributed by atoms with Gasteiger partial charge in [0.15, 0.2) is 0 Å². The minimum Gasteiger partial charge on any atom is -0.342 e. The number of aromatic nitrogens is 1. The third-order valence-corrected chi connectivity index (χ3v) is 7.19. The van der Waals surface area contributed by atoms with E-state index in [2.05, 4.69) is 33.3 Å². The van der Waals surface area contributed by atoms with Gasteiger partial charge in [0, 0.05) is 37.1 Å². The van der Waals surface area contributed by atoms with Gasteiger partial charge in [-0.1, -0.05) is 11.6 Å². The van der Waals surface area contributed by atoms with Crippen LogP contribution in [0.3, 0.4) is 0 Å². The topological polar surface area (TPSA) is 36.4 Å². The first-order valence-electron chi connectivity index (χ1n) is 9.71. The number of hydrogen-bond acceptors (Lipinski definition) is 4. The minimum atomic E-state index is 0.358. The van der Waals surface area contributed by atoms with Crippen molar-refractivity contribution < 1.29 is 4.79 Å². The molecule has 0 unspecified atom stereocenters. The number of carbonyl (C=O) groups is 1. The van der Waals surface area contributed by atoms with Crippen molar-refractivity contribution >= 4 is 17.2 Å². The van der Waals surface area contributed by atoms with Crippen LogP contribution in [0.15, 0.2) is 23.2 Å². The number of likely N-dealkylation sites (tertiary alicyclic amines) is 1. The molecular weight excluding hydrogens is 330 g/mol. The number of hydrogen-bond donors (Lipinski definition) is 0. The van der Waals surface area contributed by atoms with Crippen LogP contribution in [0, 0.1) is 5.41 Å². The molecule has 1 amide bonds. The highest BCUT2D eigenvalue weighted by Gasteiger charge is 2.56. The van der Waals surface area contributed by atoms with Crippen LogP contribution in [0.25, 0.3) is 0 Å². The summed E-state index contributed by atoms with van der Waals surface area (Å²) in [5.41, 5.74) is 1.84. The molecule has 25 heavy (non-hydrogen) atoms. The highest BCUT2D eigenvalue weighted by atomic mass is 32.1. The van der Waals surface area contributed by atoms with Gasteiger partial charge in [-0.25, -0.2) is 4.98 Å². The van der Waals surface area contributed by atoms with Crippen LogP contribution in [0.4, 0.5) is 0 Å². The summed E-state index contributed by atoms with van der Waals surface area (Å²) in [6.45, 7) is 2.86. The molecule has 2 heterocycles. The highest BCUT2D eigenvalue weighted by Crippen LogP contribution is 2.56. The molecule has 136 valence electrons. The monoisotopic (exact) mass is 359 g/mol. The van der Waals surface area contributed by atoms with Gasteiger partial charge in [-0.15, -0.1) is 11.3 Å². The van der Waals surface area contributed by atoms with Crippen LogP contribution in [-0.4, -0.2) is 46.9 Å². The molecule has 1 atom stereocenters. The molecule has 3 aliphatic rings. The van der Waals surface area contributed by atoms with E-state index in [1.807, 2.05) is 6.20 Å². The Morgan fingerprint density at radius 2 is 2.24 bits per heavy atom. The first-order chi connectivity index (χ1) is 12.2. The molecule has 0 N–H and O–H groups in total. The molecule has 4 nitrogen and oxygen atoms in total. The average molecular weight is 360 g/mol. The Morgan fingerprint density at radius 1 is 1.40 bits per heavy atom. The van der Waals surface area contributed by atoms with Gasteiger partial charge in [-0.2, -0.15) is 0 Å². The molecule has 1 saturated carbocycles. The molecule has 1 aromatic rings. The smallest absolute Gasteiger partial charge is 0.226 e. The summed E-state index contributed by atoms with van der Waals surface area (Å²) in [6, 6.07) is 0.676. The number of amides is 1. The lowest BCUT2D eigenvalue weighted by Crippen LogP contribution is -2.41. The lowest BCUT2D eigenvalue weighted by molar-refractivity contribution is -0.132. The van der Waals surface area contributed by atoms with Gasteiger partial charge in [0.1, 0.15) is 5.01 Å². The normalized spacial score (nSPS) is 25.3. The van der Waals surface area contributed by atoms with Crippen LogP contribution >= 0.6 is 11.3 Å². The molecule has 1 spiro atoms. The van der Waals surface area contributed by atoms with Crippen molar-refractivity contribution in [3.05, 3.63) is 28.2 Å². The second kappa shape index (κ2) is 7.20. The number of carbonyl (C=O) groups excluding carboxylic acids is 1. The number of piperidine rings is 1. The molecule has 2 fully saturated rings. The van der Waals surface area contributed by atoms with Gasteiger partial charge < -0.3 is 4.90 Å². The summed E-state index contributed by atoms with van der Waals surface area (Å²) >= 11 is 1.74. The van der Waals surface area contributed by atoms with E-state index in [9.17, 15) is 4.79 Å². The molecule has 5 heteroatoms. The van der Waals surface area contributed by atoms with Gasteiger partial charge in [0.05, 0.1) is 6.54 Å². The molecule has 0 radical (unpaired) electrons. The Labute approximate surface area is 154 Å².